The average molecular weight is 490 g/mol. The summed E-state index contributed by atoms with van der Waals surface area (Å²) in [6, 6.07) is 8.94. The minimum atomic E-state index is -4.57. The van der Waals surface area contributed by atoms with Gasteiger partial charge in [-0.1, -0.05) is 6.07 Å². The summed E-state index contributed by atoms with van der Waals surface area (Å²) in [5, 5.41) is 9.67. The molecule has 3 aromatic rings. The molecule has 1 aliphatic rings. The van der Waals surface area contributed by atoms with Crippen LogP contribution in [0, 0.1) is 0 Å². The Morgan fingerprint density at radius 1 is 1.14 bits per heavy atom. The normalized spacial score (nSPS) is 17.2. The topological polar surface area (TPSA) is 86.6 Å². The molecule has 0 saturated heterocycles. The molecular weight excluding hydrogens is 465 g/mol. The van der Waals surface area contributed by atoms with Gasteiger partial charge in [0.2, 0.25) is 0 Å². The van der Waals surface area contributed by atoms with Crippen LogP contribution in [0.3, 0.4) is 0 Å². The number of methoxy groups -OCH3 is 2. The molecule has 8 nitrogen and oxygen atoms in total. The summed E-state index contributed by atoms with van der Waals surface area (Å²) in [5.74, 6) is 0.891. The van der Waals surface area contributed by atoms with Crippen molar-refractivity contribution < 1.29 is 32.2 Å². The van der Waals surface area contributed by atoms with Gasteiger partial charge < -0.3 is 24.8 Å². The zero-order chi connectivity index (χ0) is 25.2. The highest BCUT2D eigenvalue weighted by molar-refractivity contribution is 6.07. The summed E-state index contributed by atoms with van der Waals surface area (Å²) in [6.07, 6.45) is -3.74. The van der Waals surface area contributed by atoms with Crippen molar-refractivity contribution in [2.45, 2.75) is 31.6 Å². The van der Waals surface area contributed by atoms with Gasteiger partial charge in [-0.2, -0.15) is 18.3 Å². The number of fused-ring (bicyclic) bond motifs is 1. The first-order valence-corrected chi connectivity index (χ1v) is 10.9. The monoisotopic (exact) mass is 490 g/mol. The number of carbonyl (C=O) groups is 1. The molecular formula is C24H25F3N4O4. The first-order chi connectivity index (χ1) is 16.7. The average Bonchev–Trinajstić information content (AvgIpc) is 3.28. The van der Waals surface area contributed by atoms with Gasteiger partial charge in [0.05, 0.1) is 33.1 Å². The largest absolute Gasteiger partial charge is 0.494 e. The van der Waals surface area contributed by atoms with Crippen molar-refractivity contribution in [3.63, 3.8) is 0 Å². The van der Waals surface area contributed by atoms with Crippen molar-refractivity contribution >= 4 is 17.4 Å². The van der Waals surface area contributed by atoms with Crippen molar-refractivity contribution in [2.75, 3.05) is 31.5 Å². The van der Waals surface area contributed by atoms with Crippen LogP contribution in [0.4, 0.5) is 24.7 Å². The van der Waals surface area contributed by atoms with E-state index in [-0.39, 0.29) is 17.8 Å². The van der Waals surface area contributed by atoms with Crippen molar-refractivity contribution in [2.24, 2.45) is 0 Å². The van der Waals surface area contributed by atoms with Crippen LogP contribution in [0.1, 0.15) is 41.3 Å². The van der Waals surface area contributed by atoms with E-state index in [1.807, 2.05) is 6.92 Å². The molecule has 1 amide bonds. The summed E-state index contributed by atoms with van der Waals surface area (Å²) in [5.41, 5.74) is 1.03. The minimum absolute atomic E-state index is 0.00156. The molecule has 0 spiro atoms. The fraction of sp³-hybridized carbons (Fsp3) is 0.333. The number of benzene rings is 2. The highest BCUT2D eigenvalue weighted by atomic mass is 19.4. The van der Waals surface area contributed by atoms with E-state index < -0.39 is 24.2 Å². The second-order valence-corrected chi connectivity index (χ2v) is 7.87. The molecule has 35 heavy (non-hydrogen) atoms. The predicted molar refractivity (Wildman–Crippen MR) is 123 cm³/mol. The maximum Gasteiger partial charge on any atom is 0.410 e. The van der Waals surface area contributed by atoms with Crippen LogP contribution >= 0.6 is 0 Å². The lowest BCUT2D eigenvalue weighted by atomic mass is 9.96. The Bertz CT molecular complexity index is 1190. The predicted octanol–water partition coefficient (Wildman–Crippen LogP) is 5.21. The molecule has 0 fully saturated rings. The third-order valence-electron chi connectivity index (χ3n) is 5.72. The van der Waals surface area contributed by atoms with Crippen LogP contribution in [0.2, 0.25) is 0 Å². The van der Waals surface area contributed by atoms with E-state index in [0.717, 1.165) is 10.9 Å². The third kappa shape index (κ3) is 4.98. The number of hydrogen-bond acceptors (Lipinski definition) is 6. The second kappa shape index (κ2) is 9.77. The molecule has 2 aromatic carbocycles. The molecule has 2 N–H and O–H groups in total. The van der Waals surface area contributed by atoms with Gasteiger partial charge in [-0.05, 0) is 48.9 Å². The van der Waals surface area contributed by atoms with Gasteiger partial charge in [0.25, 0.3) is 5.91 Å². The molecule has 0 aliphatic carbocycles. The van der Waals surface area contributed by atoms with Gasteiger partial charge in [-0.3, -0.25) is 4.79 Å². The lowest BCUT2D eigenvalue weighted by Gasteiger charge is -2.34. The number of rotatable bonds is 7. The van der Waals surface area contributed by atoms with E-state index in [9.17, 15) is 18.0 Å². The lowest BCUT2D eigenvalue weighted by Crippen LogP contribution is -2.36. The zero-order valence-electron chi connectivity index (χ0n) is 19.3. The fourth-order valence-corrected chi connectivity index (χ4v) is 4.02. The number of nitrogens with zero attached hydrogens (tertiary/aromatic N) is 2. The molecule has 11 heteroatoms. The summed E-state index contributed by atoms with van der Waals surface area (Å²) in [7, 11) is 2.93. The minimum Gasteiger partial charge on any atom is -0.494 e. The smallest absolute Gasteiger partial charge is 0.410 e. The van der Waals surface area contributed by atoms with Gasteiger partial charge in [-0.25, -0.2) is 4.68 Å². The number of amides is 1. The number of alkyl halides is 3. The Morgan fingerprint density at radius 3 is 2.49 bits per heavy atom. The number of anilines is 2. The number of hydrogen-bond donors (Lipinski definition) is 2. The van der Waals surface area contributed by atoms with Crippen LogP contribution < -0.4 is 24.8 Å². The summed E-state index contributed by atoms with van der Waals surface area (Å²) >= 11 is 0. The molecule has 186 valence electrons. The van der Waals surface area contributed by atoms with Crippen molar-refractivity contribution in [1.29, 1.82) is 0 Å². The van der Waals surface area contributed by atoms with Crippen LogP contribution in [-0.4, -0.2) is 42.7 Å². The molecule has 0 bridgehead atoms. The fourth-order valence-electron chi connectivity index (χ4n) is 4.02. The van der Waals surface area contributed by atoms with Crippen LogP contribution in [0.5, 0.6) is 17.2 Å². The molecule has 1 aromatic heterocycles. The number of aromatic nitrogens is 2. The lowest BCUT2D eigenvalue weighted by molar-refractivity contribution is -0.173. The maximum atomic E-state index is 14.0. The second-order valence-electron chi connectivity index (χ2n) is 7.87. The molecule has 2 heterocycles. The van der Waals surface area contributed by atoms with E-state index in [2.05, 4.69) is 15.7 Å². The quantitative estimate of drug-likeness (QED) is 0.473. The Hall–Kier alpha value is -3.89. The maximum absolute atomic E-state index is 14.0. The Balaban J connectivity index is 1.65. The number of nitrogens with one attached hydrogen (secondary N) is 2. The summed E-state index contributed by atoms with van der Waals surface area (Å²) in [4.78, 5) is 13.0. The van der Waals surface area contributed by atoms with Gasteiger partial charge in [0.15, 0.2) is 17.5 Å². The van der Waals surface area contributed by atoms with Crippen LogP contribution in [0.15, 0.2) is 48.7 Å². The van der Waals surface area contributed by atoms with Crippen LogP contribution in [-0.2, 0) is 0 Å². The molecule has 1 aliphatic heterocycles. The SMILES string of the molecule is CCOc1ccc(NC(=O)c2cnn3c2N[C@H](c2ccc(OC)c(OC)c2)C[C@H]3C(F)(F)F)cc1. The molecule has 0 unspecified atom stereocenters. The Morgan fingerprint density at radius 2 is 1.86 bits per heavy atom. The zero-order valence-corrected chi connectivity index (χ0v) is 19.3. The highest BCUT2D eigenvalue weighted by Gasteiger charge is 2.47. The first kappa shape index (κ1) is 24.2. The van der Waals surface area contributed by atoms with Crippen molar-refractivity contribution in [3.8, 4) is 17.2 Å². The number of carbonyl (C=O) groups excluding carboxylic acids is 1. The van der Waals surface area contributed by atoms with Gasteiger partial charge in [0.1, 0.15) is 17.1 Å². The van der Waals surface area contributed by atoms with Crippen molar-refractivity contribution in [3.05, 3.63) is 59.8 Å². The Labute approximate surface area is 200 Å². The number of ether oxygens (including phenoxy) is 3. The molecule has 0 saturated carbocycles. The van der Waals surface area contributed by atoms with E-state index in [1.165, 1.54) is 14.2 Å². The highest BCUT2D eigenvalue weighted by Crippen LogP contribution is 2.45. The van der Waals surface area contributed by atoms with Gasteiger partial charge >= 0.3 is 6.18 Å². The van der Waals surface area contributed by atoms with Crippen LogP contribution in [0.25, 0.3) is 0 Å². The first-order valence-electron chi connectivity index (χ1n) is 10.9. The number of halogens is 3. The van der Waals surface area contributed by atoms with E-state index in [1.54, 1.807) is 42.5 Å². The molecule has 2 atom stereocenters. The summed E-state index contributed by atoms with van der Waals surface area (Å²) < 4.78 is 58.7. The van der Waals surface area contributed by atoms with Gasteiger partial charge in [0, 0.05) is 12.1 Å². The van der Waals surface area contributed by atoms with E-state index in [4.69, 9.17) is 14.2 Å². The van der Waals surface area contributed by atoms with E-state index >= 15 is 0 Å². The third-order valence-corrected chi connectivity index (χ3v) is 5.72. The summed E-state index contributed by atoms with van der Waals surface area (Å²) in [6.45, 7) is 2.36. The van der Waals surface area contributed by atoms with Crippen molar-refractivity contribution in [1.82, 2.24) is 9.78 Å². The molecule has 0 radical (unpaired) electrons. The Kier molecular flexibility index (Phi) is 6.77. The molecule has 4 rings (SSSR count). The van der Waals surface area contributed by atoms with E-state index in [0.29, 0.717) is 35.1 Å². The standard InChI is InChI=1S/C24H25F3N4O4/c1-4-35-16-8-6-15(7-9-16)29-23(32)17-13-28-31-21(24(25,26)27)12-18(30-22(17)31)14-5-10-19(33-2)20(11-14)34-3/h5-11,13,18,21,30H,4,12H2,1-3H3,(H,29,32)/t18-,21-/m0/s1. The van der Waals surface area contributed by atoms with Gasteiger partial charge in [-0.15, -0.1) is 0 Å².